The molecule has 0 aliphatic rings. The Morgan fingerprint density at radius 2 is 2.12 bits per heavy atom. The van der Waals surface area contributed by atoms with Crippen LogP contribution < -0.4 is 10.6 Å². The summed E-state index contributed by atoms with van der Waals surface area (Å²) in [6.07, 6.45) is 0. The van der Waals surface area contributed by atoms with Crippen LogP contribution in [0.4, 0.5) is 0 Å². The smallest absolute Gasteiger partial charge is 0.252 e. The number of nitrogens with one attached hydrogen (secondary N) is 2. The fourth-order valence-electron chi connectivity index (χ4n) is 1.31. The van der Waals surface area contributed by atoms with Crippen LogP contribution in [0.25, 0.3) is 0 Å². The maximum Gasteiger partial charge on any atom is 0.252 e. The van der Waals surface area contributed by atoms with Gasteiger partial charge in [-0.15, -0.1) is 0 Å². The third kappa shape index (κ3) is 5.06. The van der Waals surface area contributed by atoms with Crippen molar-refractivity contribution in [2.24, 2.45) is 0 Å². The Kier molecular flexibility index (Phi) is 5.95. The molecule has 0 spiro atoms. The summed E-state index contributed by atoms with van der Waals surface area (Å²) < 4.78 is 0.862. The van der Waals surface area contributed by atoms with Crippen LogP contribution in [0.5, 0.6) is 0 Å². The predicted octanol–water partition coefficient (Wildman–Crippen LogP) is 2.83. The van der Waals surface area contributed by atoms with Crippen LogP contribution in [0.2, 0.25) is 5.02 Å². The minimum Gasteiger partial charge on any atom is -0.351 e. The van der Waals surface area contributed by atoms with Crippen LogP contribution in [0.3, 0.4) is 0 Å². The van der Waals surface area contributed by atoms with Crippen molar-refractivity contribution < 1.29 is 4.79 Å². The summed E-state index contributed by atoms with van der Waals surface area (Å²) in [5, 5.41) is 6.49. The number of amides is 1. The zero-order valence-corrected chi connectivity index (χ0v) is 12.2. The Hall–Kier alpha value is -0.580. The van der Waals surface area contributed by atoms with Gasteiger partial charge in [0.1, 0.15) is 0 Å². The highest BCUT2D eigenvalue weighted by Crippen LogP contribution is 2.21. The number of hydrogen-bond donors (Lipinski definition) is 2. The van der Waals surface area contributed by atoms with Crippen LogP contribution in [-0.2, 0) is 0 Å². The molecule has 0 fully saturated rings. The van der Waals surface area contributed by atoms with Crippen molar-refractivity contribution in [3.63, 3.8) is 0 Å². The van der Waals surface area contributed by atoms with E-state index in [4.69, 9.17) is 11.6 Å². The number of rotatable bonds is 5. The van der Waals surface area contributed by atoms with Gasteiger partial charge in [-0.2, -0.15) is 0 Å². The predicted molar refractivity (Wildman–Crippen MR) is 74.6 cm³/mol. The molecule has 1 amide bonds. The zero-order chi connectivity index (χ0) is 12.8. The lowest BCUT2D eigenvalue weighted by Gasteiger charge is -2.10. The molecule has 1 aromatic carbocycles. The molecule has 2 N–H and O–H groups in total. The van der Waals surface area contributed by atoms with Crippen molar-refractivity contribution >= 4 is 33.4 Å². The highest BCUT2D eigenvalue weighted by Gasteiger charge is 2.09. The summed E-state index contributed by atoms with van der Waals surface area (Å²) in [5.74, 6) is -0.145. The Morgan fingerprint density at radius 3 is 2.71 bits per heavy atom. The van der Waals surface area contributed by atoms with Crippen molar-refractivity contribution in [3.8, 4) is 0 Å². The second-order valence-electron chi connectivity index (χ2n) is 3.99. The summed E-state index contributed by atoms with van der Waals surface area (Å²) >= 11 is 9.28. The van der Waals surface area contributed by atoms with Crippen LogP contribution >= 0.6 is 27.5 Å². The van der Waals surface area contributed by atoms with Crippen molar-refractivity contribution in [1.82, 2.24) is 10.6 Å². The van der Waals surface area contributed by atoms with E-state index in [1.165, 1.54) is 0 Å². The van der Waals surface area contributed by atoms with Gasteiger partial charge in [0, 0.05) is 23.6 Å². The average Bonchev–Trinajstić information content (AvgIpc) is 2.23. The Balaban J connectivity index is 2.47. The SMILES string of the molecule is CC(C)NCCNC(=O)c1ccc(Br)cc1Cl. The molecule has 94 valence electrons. The summed E-state index contributed by atoms with van der Waals surface area (Å²) in [7, 11) is 0. The van der Waals surface area contributed by atoms with E-state index in [1.807, 2.05) is 0 Å². The highest BCUT2D eigenvalue weighted by molar-refractivity contribution is 9.10. The minimum atomic E-state index is -0.145. The number of carbonyl (C=O) groups is 1. The molecule has 0 radical (unpaired) electrons. The van der Waals surface area contributed by atoms with E-state index in [2.05, 4.69) is 40.4 Å². The summed E-state index contributed by atoms with van der Waals surface area (Å²) in [6.45, 7) is 5.46. The monoisotopic (exact) mass is 318 g/mol. The van der Waals surface area contributed by atoms with Crippen LogP contribution in [0.15, 0.2) is 22.7 Å². The average molecular weight is 320 g/mol. The first-order valence-electron chi connectivity index (χ1n) is 5.47. The molecule has 0 aliphatic carbocycles. The van der Waals surface area contributed by atoms with Crippen molar-refractivity contribution in [2.45, 2.75) is 19.9 Å². The minimum absolute atomic E-state index is 0.145. The molecule has 0 saturated carbocycles. The molecule has 17 heavy (non-hydrogen) atoms. The van der Waals surface area contributed by atoms with Crippen LogP contribution in [-0.4, -0.2) is 25.0 Å². The van der Waals surface area contributed by atoms with Crippen molar-refractivity contribution in [3.05, 3.63) is 33.3 Å². The lowest BCUT2D eigenvalue weighted by molar-refractivity contribution is 0.0954. The summed E-state index contributed by atoms with van der Waals surface area (Å²) in [6, 6.07) is 5.64. The number of hydrogen-bond acceptors (Lipinski definition) is 2. The molecule has 0 unspecified atom stereocenters. The van der Waals surface area contributed by atoms with E-state index in [9.17, 15) is 4.79 Å². The van der Waals surface area contributed by atoms with Gasteiger partial charge in [0.2, 0.25) is 0 Å². The lowest BCUT2D eigenvalue weighted by Crippen LogP contribution is -2.34. The molecule has 0 aliphatic heterocycles. The molecule has 3 nitrogen and oxygen atoms in total. The molecule has 1 aromatic rings. The fourth-order valence-corrected chi connectivity index (χ4v) is 2.06. The second kappa shape index (κ2) is 6.99. The maximum atomic E-state index is 11.8. The van der Waals surface area contributed by atoms with Gasteiger partial charge in [0.05, 0.1) is 10.6 Å². The number of benzene rings is 1. The first kappa shape index (κ1) is 14.5. The lowest BCUT2D eigenvalue weighted by atomic mass is 10.2. The molecular formula is C12H16BrClN2O. The van der Waals surface area contributed by atoms with Crippen molar-refractivity contribution in [1.29, 1.82) is 0 Å². The summed E-state index contributed by atoms with van der Waals surface area (Å²) in [4.78, 5) is 11.8. The largest absolute Gasteiger partial charge is 0.351 e. The van der Waals surface area contributed by atoms with Gasteiger partial charge in [0.15, 0.2) is 0 Å². The van der Waals surface area contributed by atoms with E-state index in [-0.39, 0.29) is 5.91 Å². The number of carbonyl (C=O) groups excluding carboxylic acids is 1. The molecule has 1 rings (SSSR count). The first-order chi connectivity index (χ1) is 8.00. The van der Waals surface area contributed by atoms with Gasteiger partial charge in [-0.1, -0.05) is 41.4 Å². The quantitative estimate of drug-likeness (QED) is 0.819. The number of halogens is 2. The molecule has 0 aromatic heterocycles. The van der Waals surface area contributed by atoms with E-state index in [0.29, 0.717) is 23.2 Å². The highest BCUT2D eigenvalue weighted by atomic mass is 79.9. The van der Waals surface area contributed by atoms with Crippen molar-refractivity contribution in [2.75, 3.05) is 13.1 Å². The van der Waals surface area contributed by atoms with Gasteiger partial charge < -0.3 is 10.6 Å². The van der Waals surface area contributed by atoms with Gasteiger partial charge in [0.25, 0.3) is 5.91 Å². The molecule has 0 bridgehead atoms. The van der Waals surface area contributed by atoms with E-state index in [1.54, 1.807) is 18.2 Å². The Labute approximate surface area is 115 Å². The first-order valence-corrected chi connectivity index (χ1v) is 6.64. The van der Waals surface area contributed by atoms with Gasteiger partial charge in [-0.3, -0.25) is 4.79 Å². The normalized spacial score (nSPS) is 10.6. The molecule has 5 heteroatoms. The fraction of sp³-hybridized carbons (Fsp3) is 0.417. The van der Waals surface area contributed by atoms with Crippen LogP contribution in [0.1, 0.15) is 24.2 Å². The van der Waals surface area contributed by atoms with E-state index in [0.717, 1.165) is 11.0 Å². The van der Waals surface area contributed by atoms with E-state index < -0.39 is 0 Å². The third-order valence-electron chi connectivity index (χ3n) is 2.14. The topological polar surface area (TPSA) is 41.1 Å². The van der Waals surface area contributed by atoms with Gasteiger partial charge in [-0.05, 0) is 18.2 Å². The maximum absolute atomic E-state index is 11.8. The zero-order valence-electron chi connectivity index (χ0n) is 9.89. The molecular weight excluding hydrogens is 304 g/mol. The molecule has 0 saturated heterocycles. The summed E-state index contributed by atoms with van der Waals surface area (Å²) in [5.41, 5.74) is 0.499. The molecule has 0 atom stereocenters. The third-order valence-corrected chi connectivity index (χ3v) is 2.94. The standard InChI is InChI=1S/C12H16BrClN2O/c1-8(2)15-5-6-16-12(17)10-4-3-9(13)7-11(10)14/h3-4,7-8,15H,5-6H2,1-2H3,(H,16,17). The van der Waals surface area contributed by atoms with Gasteiger partial charge >= 0.3 is 0 Å². The van der Waals surface area contributed by atoms with Gasteiger partial charge in [-0.25, -0.2) is 0 Å². The second-order valence-corrected chi connectivity index (χ2v) is 5.31. The van der Waals surface area contributed by atoms with E-state index >= 15 is 0 Å². The Morgan fingerprint density at radius 1 is 1.41 bits per heavy atom. The molecule has 0 heterocycles. The Bertz CT molecular complexity index is 396. The van der Waals surface area contributed by atoms with Crippen LogP contribution in [0, 0.1) is 0 Å².